The van der Waals surface area contributed by atoms with Crippen molar-refractivity contribution >= 4 is 10.8 Å². The summed E-state index contributed by atoms with van der Waals surface area (Å²) in [5.74, 6) is 1.34. The summed E-state index contributed by atoms with van der Waals surface area (Å²) in [6, 6.07) is 14.4. The maximum absolute atomic E-state index is 5.31. The Morgan fingerprint density at radius 2 is 1.95 bits per heavy atom. The van der Waals surface area contributed by atoms with Crippen molar-refractivity contribution in [1.82, 2.24) is 15.5 Å². The molecule has 0 spiro atoms. The lowest BCUT2D eigenvalue weighted by Gasteiger charge is -2.01. The van der Waals surface area contributed by atoms with Gasteiger partial charge in [0.1, 0.15) is 0 Å². The van der Waals surface area contributed by atoms with Crippen molar-refractivity contribution in [1.29, 1.82) is 0 Å². The van der Waals surface area contributed by atoms with Crippen molar-refractivity contribution in [2.75, 3.05) is 13.1 Å². The monoisotopic (exact) mass is 267 g/mol. The summed E-state index contributed by atoms with van der Waals surface area (Å²) in [4.78, 5) is 4.48. The minimum Gasteiger partial charge on any atom is -0.339 e. The number of likely N-dealkylation sites (N-methyl/N-ethyl adjacent to an activating group) is 1. The molecule has 0 aliphatic heterocycles. The average molecular weight is 267 g/mol. The van der Waals surface area contributed by atoms with E-state index in [1.807, 2.05) is 24.3 Å². The molecule has 0 atom stereocenters. The summed E-state index contributed by atoms with van der Waals surface area (Å²) < 4.78 is 5.31. The van der Waals surface area contributed by atoms with Gasteiger partial charge in [-0.25, -0.2) is 0 Å². The number of rotatable bonds is 5. The highest BCUT2D eigenvalue weighted by Gasteiger charge is 2.10. The van der Waals surface area contributed by atoms with Crippen LogP contribution in [0.1, 0.15) is 12.8 Å². The molecule has 1 heterocycles. The van der Waals surface area contributed by atoms with Crippen LogP contribution >= 0.6 is 0 Å². The van der Waals surface area contributed by atoms with E-state index in [0.29, 0.717) is 11.7 Å². The molecule has 0 bridgehead atoms. The van der Waals surface area contributed by atoms with Gasteiger partial charge in [0.2, 0.25) is 11.7 Å². The summed E-state index contributed by atoms with van der Waals surface area (Å²) in [6.07, 6.45) is 0.756. The highest BCUT2D eigenvalue weighted by molar-refractivity contribution is 5.94. The SMILES string of the molecule is CCNCCc1nc(-c2cccc3ccccc23)no1. The van der Waals surface area contributed by atoms with E-state index < -0.39 is 0 Å². The predicted octanol–water partition coefficient (Wildman–Crippen LogP) is 3.04. The molecule has 0 amide bonds. The van der Waals surface area contributed by atoms with Gasteiger partial charge in [-0.15, -0.1) is 0 Å². The van der Waals surface area contributed by atoms with Gasteiger partial charge in [-0.2, -0.15) is 4.98 Å². The van der Waals surface area contributed by atoms with Crippen LogP contribution in [0.2, 0.25) is 0 Å². The zero-order valence-electron chi connectivity index (χ0n) is 11.5. The van der Waals surface area contributed by atoms with Crippen LogP contribution in [-0.4, -0.2) is 23.2 Å². The number of fused-ring (bicyclic) bond motifs is 1. The molecule has 20 heavy (non-hydrogen) atoms. The Morgan fingerprint density at radius 3 is 2.85 bits per heavy atom. The molecule has 3 aromatic rings. The number of hydrogen-bond donors (Lipinski definition) is 1. The first-order valence-corrected chi connectivity index (χ1v) is 6.90. The van der Waals surface area contributed by atoms with Gasteiger partial charge >= 0.3 is 0 Å². The highest BCUT2D eigenvalue weighted by Crippen LogP contribution is 2.26. The maximum Gasteiger partial charge on any atom is 0.228 e. The van der Waals surface area contributed by atoms with E-state index in [9.17, 15) is 0 Å². The van der Waals surface area contributed by atoms with E-state index >= 15 is 0 Å². The molecule has 0 aliphatic carbocycles. The van der Waals surface area contributed by atoms with Gasteiger partial charge in [-0.1, -0.05) is 54.5 Å². The Bertz CT molecular complexity index is 700. The lowest BCUT2D eigenvalue weighted by molar-refractivity contribution is 0.377. The fourth-order valence-electron chi connectivity index (χ4n) is 2.26. The fourth-order valence-corrected chi connectivity index (χ4v) is 2.26. The minimum atomic E-state index is 0.660. The molecule has 0 saturated carbocycles. The molecule has 0 aliphatic rings. The van der Waals surface area contributed by atoms with Gasteiger partial charge in [0, 0.05) is 18.5 Å². The molecule has 4 heteroatoms. The molecule has 0 radical (unpaired) electrons. The first-order chi connectivity index (χ1) is 9.88. The highest BCUT2D eigenvalue weighted by atomic mass is 16.5. The maximum atomic E-state index is 5.31. The second kappa shape index (κ2) is 5.84. The van der Waals surface area contributed by atoms with E-state index in [2.05, 4.69) is 40.6 Å². The molecular weight excluding hydrogens is 250 g/mol. The molecule has 2 aromatic carbocycles. The zero-order valence-corrected chi connectivity index (χ0v) is 11.5. The third kappa shape index (κ3) is 2.56. The van der Waals surface area contributed by atoms with Crippen LogP contribution in [0.4, 0.5) is 0 Å². The van der Waals surface area contributed by atoms with Crippen LogP contribution in [0.3, 0.4) is 0 Å². The van der Waals surface area contributed by atoms with Gasteiger partial charge in [-0.3, -0.25) is 0 Å². The van der Waals surface area contributed by atoms with Crippen molar-refractivity contribution in [2.45, 2.75) is 13.3 Å². The molecule has 1 N–H and O–H groups in total. The molecule has 3 rings (SSSR count). The van der Waals surface area contributed by atoms with E-state index in [1.165, 1.54) is 5.39 Å². The van der Waals surface area contributed by atoms with Gasteiger partial charge in [0.05, 0.1) is 0 Å². The second-order valence-electron chi connectivity index (χ2n) is 4.64. The fraction of sp³-hybridized carbons (Fsp3) is 0.250. The van der Waals surface area contributed by atoms with Crippen molar-refractivity contribution in [3.05, 3.63) is 48.4 Å². The van der Waals surface area contributed by atoms with Crippen LogP contribution in [0, 0.1) is 0 Å². The summed E-state index contributed by atoms with van der Waals surface area (Å²) in [5, 5.41) is 9.68. The number of nitrogens with zero attached hydrogens (tertiary/aromatic N) is 2. The van der Waals surface area contributed by atoms with Crippen LogP contribution in [0.5, 0.6) is 0 Å². The third-order valence-electron chi connectivity index (χ3n) is 3.26. The Morgan fingerprint density at radius 1 is 1.10 bits per heavy atom. The van der Waals surface area contributed by atoms with Crippen molar-refractivity contribution < 1.29 is 4.52 Å². The van der Waals surface area contributed by atoms with Gasteiger partial charge in [0.15, 0.2) is 0 Å². The summed E-state index contributed by atoms with van der Waals surface area (Å²) in [5.41, 5.74) is 1.02. The lowest BCUT2D eigenvalue weighted by atomic mass is 10.0. The van der Waals surface area contributed by atoms with Gasteiger partial charge in [-0.05, 0) is 17.3 Å². The van der Waals surface area contributed by atoms with Crippen LogP contribution in [0.15, 0.2) is 47.0 Å². The van der Waals surface area contributed by atoms with E-state index in [4.69, 9.17) is 4.52 Å². The molecule has 102 valence electrons. The largest absolute Gasteiger partial charge is 0.339 e. The van der Waals surface area contributed by atoms with Crippen molar-refractivity contribution in [3.8, 4) is 11.4 Å². The van der Waals surface area contributed by atoms with E-state index in [-0.39, 0.29) is 0 Å². The topological polar surface area (TPSA) is 51.0 Å². The smallest absolute Gasteiger partial charge is 0.228 e. The number of hydrogen-bond acceptors (Lipinski definition) is 4. The van der Waals surface area contributed by atoms with E-state index in [1.54, 1.807) is 0 Å². The summed E-state index contributed by atoms with van der Waals surface area (Å²) >= 11 is 0. The van der Waals surface area contributed by atoms with Gasteiger partial charge in [0.25, 0.3) is 0 Å². The normalized spacial score (nSPS) is 11.1. The number of benzene rings is 2. The number of aromatic nitrogens is 2. The average Bonchev–Trinajstić information content (AvgIpc) is 2.96. The van der Waals surface area contributed by atoms with Crippen molar-refractivity contribution in [2.24, 2.45) is 0 Å². The standard InChI is InChI=1S/C16H17N3O/c1-2-17-11-10-15-18-16(19-20-15)14-9-5-7-12-6-3-4-8-13(12)14/h3-9,17H,2,10-11H2,1H3. The quantitative estimate of drug-likeness (QED) is 0.722. The minimum absolute atomic E-state index is 0.660. The molecule has 1 aromatic heterocycles. The molecular formula is C16H17N3O. The van der Waals surface area contributed by atoms with Crippen LogP contribution in [-0.2, 0) is 6.42 Å². The second-order valence-corrected chi connectivity index (χ2v) is 4.64. The summed E-state index contributed by atoms with van der Waals surface area (Å²) in [6.45, 7) is 3.88. The Kier molecular flexibility index (Phi) is 3.74. The number of nitrogens with one attached hydrogen (secondary N) is 1. The Balaban J connectivity index is 1.91. The third-order valence-corrected chi connectivity index (χ3v) is 3.26. The molecule has 0 fully saturated rings. The first kappa shape index (κ1) is 12.8. The molecule has 0 saturated heterocycles. The molecule has 0 unspecified atom stereocenters. The van der Waals surface area contributed by atoms with E-state index in [0.717, 1.165) is 30.5 Å². The Labute approximate surface area is 117 Å². The summed E-state index contributed by atoms with van der Waals surface area (Å²) in [7, 11) is 0. The van der Waals surface area contributed by atoms with Crippen LogP contribution in [0.25, 0.3) is 22.2 Å². The van der Waals surface area contributed by atoms with Crippen LogP contribution < -0.4 is 5.32 Å². The van der Waals surface area contributed by atoms with Crippen molar-refractivity contribution in [3.63, 3.8) is 0 Å². The molecule has 4 nitrogen and oxygen atoms in total. The Hall–Kier alpha value is -2.20. The predicted molar refractivity (Wildman–Crippen MR) is 79.5 cm³/mol. The van der Waals surface area contributed by atoms with Gasteiger partial charge < -0.3 is 9.84 Å². The zero-order chi connectivity index (χ0) is 13.8. The lowest BCUT2D eigenvalue weighted by Crippen LogP contribution is -2.16. The first-order valence-electron chi connectivity index (χ1n) is 6.90.